The molecule has 0 aliphatic carbocycles. The van der Waals surface area contributed by atoms with Crippen molar-refractivity contribution in [3.8, 4) is 0 Å². The Hall–Kier alpha value is -1.45. The summed E-state index contributed by atoms with van der Waals surface area (Å²) in [6, 6.07) is 15.6. The Morgan fingerprint density at radius 3 is 2.55 bits per heavy atom. The molecule has 0 heterocycles. The Balaban J connectivity index is 1.78. The molecule has 0 aliphatic rings. The van der Waals surface area contributed by atoms with Crippen molar-refractivity contribution in [2.45, 2.75) is 18.2 Å². The van der Waals surface area contributed by atoms with Crippen molar-refractivity contribution >= 4 is 35.0 Å². The Morgan fingerprint density at radius 1 is 1.15 bits per heavy atom. The Bertz CT molecular complexity index is 583. The number of thioether (sulfide) groups is 1. The van der Waals surface area contributed by atoms with E-state index < -0.39 is 0 Å². The highest BCUT2D eigenvalue weighted by atomic mass is 35.5. The highest BCUT2D eigenvalue weighted by Crippen LogP contribution is 2.22. The van der Waals surface area contributed by atoms with Gasteiger partial charge < -0.3 is 5.32 Å². The number of halogens is 1. The molecule has 104 valence electrons. The van der Waals surface area contributed by atoms with Crippen LogP contribution in [-0.2, 0) is 4.79 Å². The molecule has 0 aliphatic heterocycles. The smallest absolute Gasteiger partial charge is 0.225 e. The first-order valence-corrected chi connectivity index (χ1v) is 7.75. The maximum Gasteiger partial charge on any atom is 0.225 e. The number of para-hydroxylation sites is 1. The monoisotopic (exact) mass is 305 g/mol. The molecule has 0 bridgehead atoms. The zero-order chi connectivity index (χ0) is 14.4. The summed E-state index contributed by atoms with van der Waals surface area (Å²) in [4.78, 5) is 13.0. The van der Waals surface area contributed by atoms with Gasteiger partial charge in [-0.3, -0.25) is 4.79 Å². The molecule has 2 aromatic rings. The van der Waals surface area contributed by atoms with E-state index in [-0.39, 0.29) is 5.91 Å². The number of benzene rings is 2. The Labute approximate surface area is 128 Å². The minimum Gasteiger partial charge on any atom is -0.325 e. The average Bonchev–Trinajstić information content (AvgIpc) is 2.44. The van der Waals surface area contributed by atoms with Gasteiger partial charge in [-0.05, 0) is 31.2 Å². The van der Waals surface area contributed by atoms with Crippen molar-refractivity contribution in [1.29, 1.82) is 0 Å². The van der Waals surface area contributed by atoms with E-state index in [0.717, 1.165) is 5.75 Å². The molecular formula is C16H16ClNOS. The second-order valence-corrected chi connectivity index (χ2v) is 6.02. The van der Waals surface area contributed by atoms with Crippen molar-refractivity contribution in [2.75, 3.05) is 11.1 Å². The first-order valence-electron chi connectivity index (χ1n) is 6.39. The standard InChI is InChI=1S/C16H16ClNOS/c1-12-6-8-13(9-7-12)20-11-10-16(19)18-15-5-3-2-4-14(15)17/h2-9H,10-11H2,1H3,(H,18,19). The van der Waals surface area contributed by atoms with Gasteiger partial charge in [-0.15, -0.1) is 11.8 Å². The van der Waals surface area contributed by atoms with Crippen LogP contribution < -0.4 is 5.32 Å². The van der Waals surface area contributed by atoms with E-state index in [1.807, 2.05) is 12.1 Å². The van der Waals surface area contributed by atoms with E-state index in [1.165, 1.54) is 10.5 Å². The van der Waals surface area contributed by atoms with E-state index in [2.05, 4.69) is 36.5 Å². The topological polar surface area (TPSA) is 29.1 Å². The lowest BCUT2D eigenvalue weighted by Gasteiger charge is -2.07. The largest absolute Gasteiger partial charge is 0.325 e. The number of carbonyl (C=O) groups excluding carboxylic acids is 1. The molecule has 0 fully saturated rings. The van der Waals surface area contributed by atoms with Crippen LogP contribution in [0.25, 0.3) is 0 Å². The predicted octanol–water partition coefficient (Wildman–Crippen LogP) is 4.77. The summed E-state index contributed by atoms with van der Waals surface area (Å²) in [5.74, 6) is 0.733. The van der Waals surface area contributed by atoms with Gasteiger partial charge in [-0.25, -0.2) is 0 Å². The third kappa shape index (κ3) is 4.58. The van der Waals surface area contributed by atoms with Crippen LogP contribution in [0.1, 0.15) is 12.0 Å². The zero-order valence-corrected chi connectivity index (χ0v) is 12.8. The van der Waals surface area contributed by atoms with Crippen LogP contribution >= 0.6 is 23.4 Å². The Kier molecular flexibility index (Phi) is 5.50. The fourth-order valence-electron chi connectivity index (χ4n) is 1.67. The molecule has 0 radical (unpaired) electrons. The minimum absolute atomic E-state index is 0.0160. The lowest BCUT2D eigenvalue weighted by atomic mass is 10.2. The quantitative estimate of drug-likeness (QED) is 0.806. The van der Waals surface area contributed by atoms with Gasteiger partial charge in [0.1, 0.15) is 0 Å². The number of anilines is 1. The summed E-state index contributed by atoms with van der Waals surface area (Å²) in [7, 11) is 0. The molecular weight excluding hydrogens is 290 g/mol. The third-order valence-electron chi connectivity index (χ3n) is 2.77. The van der Waals surface area contributed by atoms with Gasteiger partial charge in [0.15, 0.2) is 0 Å². The van der Waals surface area contributed by atoms with Crippen molar-refractivity contribution in [2.24, 2.45) is 0 Å². The molecule has 2 nitrogen and oxygen atoms in total. The molecule has 1 amide bonds. The van der Waals surface area contributed by atoms with Gasteiger partial charge in [0.2, 0.25) is 5.91 Å². The van der Waals surface area contributed by atoms with Crippen molar-refractivity contribution in [3.05, 3.63) is 59.1 Å². The van der Waals surface area contributed by atoms with Crippen LogP contribution in [0.5, 0.6) is 0 Å². The maximum atomic E-state index is 11.8. The summed E-state index contributed by atoms with van der Waals surface area (Å²) in [6.45, 7) is 2.06. The maximum absolute atomic E-state index is 11.8. The molecule has 0 saturated carbocycles. The highest BCUT2D eigenvalue weighted by Gasteiger charge is 2.05. The minimum atomic E-state index is -0.0160. The van der Waals surface area contributed by atoms with E-state index in [1.54, 1.807) is 23.9 Å². The number of hydrogen-bond acceptors (Lipinski definition) is 2. The molecule has 2 rings (SSSR count). The summed E-state index contributed by atoms with van der Waals surface area (Å²) in [6.07, 6.45) is 0.462. The fraction of sp³-hybridized carbons (Fsp3) is 0.188. The molecule has 0 saturated heterocycles. The summed E-state index contributed by atoms with van der Waals surface area (Å²) in [5, 5.41) is 3.38. The average molecular weight is 306 g/mol. The number of aryl methyl sites for hydroxylation is 1. The number of amides is 1. The second kappa shape index (κ2) is 7.36. The SMILES string of the molecule is Cc1ccc(SCCC(=O)Nc2ccccc2Cl)cc1. The van der Waals surface area contributed by atoms with Crippen LogP contribution in [0.4, 0.5) is 5.69 Å². The molecule has 2 aromatic carbocycles. The van der Waals surface area contributed by atoms with Gasteiger partial charge >= 0.3 is 0 Å². The van der Waals surface area contributed by atoms with Gasteiger partial charge in [0, 0.05) is 17.1 Å². The van der Waals surface area contributed by atoms with E-state index in [4.69, 9.17) is 11.6 Å². The van der Waals surface area contributed by atoms with Crippen LogP contribution in [0.15, 0.2) is 53.4 Å². The van der Waals surface area contributed by atoms with Gasteiger partial charge in [0.25, 0.3) is 0 Å². The second-order valence-electron chi connectivity index (χ2n) is 4.44. The zero-order valence-electron chi connectivity index (χ0n) is 11.2. The molecule has 0 aromatic heterocycles. The Morgan fingerprint density at radius 2 is 1.85 bits per heavy atom. The van der Waals surface area contributed by atoms with Crippen LogP contribution in [0, 0.1) is 6.92 Å². The van der Waals surface area contributed by atoms with Crippen LogP contribution in [0.2, 0.25) is 5.02 Å². The summed E-state index contributed by atoms with van der Waals surface area (Å²) >= 11 is 7.67. The molecule has 0 spiro atoms. The van der Waals surface area contributed by atoms with Crippen LogP contribution in [-0.4, -0.2) is 11.7 Å². The predicted molar refractivity (Wildman–Crippen MR) is 86.6 cm³/mol. The highest BCUT2D eigenvalue weighted by molar-refractivity contribution is 7.99. The number of hydrogen-bond donors (Lipinski definition) is 1. The van der Waals surface area contributed by atoms with E-state index in [0.29, 0.717) is 17.1 Å². The van der Waals surface area contributed by atoms with Gasteiger partial charge in [-0.2, -0.15) is 0 Å². The van der Waals surface area contributed by atoms with Crippen molar-refractivity contribution in [1.82, 2.24) is 0 Å². The lowest BCUT2D eigenvalue weighted by Crippen LogP contribution is -2.12. The molecule has 20 heavy (non-hydrogen) atoms. The molecule has 1 N–H and O–H groups in total. The number of carbonyl (C=O) groups is 1. The van der Waals surface area contributed by atoms with Crippen molar-refractivity contribution in [3.63, 3.8) is 0 Å². The molecule has 0 unspecified atom stereocenters. The molecule has 4 heteroatoms. The summed E-state index contributed by atoms with van der Waals surface area (Å²) < 4.78 is 0. The van der Waals surface area contributed by atoms with Crippen LogP contribution in [0.3, 0.4) is 0 Å². The first kappa shape index (κ1) is 14.9. The normalized spacial score (nSPS) is 10.3. The third-order valence-corrected chi connectivity index (χ3v) is 4.11. The van der Waals surface area contributed by atoms with Gasteiger partial charge in [0.05, 0.1) is 10.7 Å². The number of rotatable bonds is 5. The lowest BCUT2D eigenvalue weighted by molar-refractivity contribution is -0.115. The van der Waals surface area contributed by atoms with E-state index >= 15 is 0 Å². The fourth-order valence-corrected chi connectivity index (χ4v) is 2.71. The summed E-state index contributed by atoms with van der Waals surface area (Å²) in [5.41, 5.74) is 1.91. The van der Waals surface area contributed by atoms with Gasteiger partial charge in [-0.1, -0.05) is 41.4 Å². The number of nitrogens with one attached hydrogen (secondary N) is 1. The first-order chi connectivity index (χ1) is 9.65. The van der Waals surface area contributed by atoms with E-state index in [9.17, 15) is 4.79 Å². The van der Waals surface area contributed by atoms with Crippen molar-refractivity contribution < 1.29 is 4.79 Å². The molecule has 0 atom stereocenters.